The highest BCUT2D eigenvalue weighted by atomic mass is 16.8. The van der Waals surface area contributed by atoms with Crippen LogP contribution in [0.5, 0.6) is 0 Å². The Hall–Kier alpha value is -2.09. The van der Waals surface area contributed by atoms with E-state index in [0.717, 1.165) is 39.2 Å². The monoisotopic (exact) mass is 852 g/mol. The maximum Gasteiger partial charge on any atom is 0.337 e. The first-order valence-electron chi connectivity index (χ1n) is 21.7. The van der Waals surface area contributed by atoms with Crippen LogP contribution in [0.25, 0.3) is 0 Å². The number of allylic oxidation sites excluding steroid dienone is 2. The third kappa shape index (κ3) is 6.59. The van der Waals surface area contributed by atoms with Gasteiger partial charge >= 0.3 is 11.9 Å². The minimum atomic E-state index is -1.87. The number of Topliss-reactive ketones (excluding diaryl/α,β-unsaturated/α-hetero) is 1. The summed E-state index contributed by atoms with van der Waals surface area (Å²) in [4.78, 5) is 39.9. The molecule has 60 heavy (non-hydrogen) atoms. The Kier molecular flexibility index (Phi) is 12.1. The molecular formula is C44H68O16. The molecule has 0 amide bonds. The summed E-state index contributed by atoms with van der Waals surface area (Å²) in [7, 11) is 2.48. The Bertz CT molecular complexity index is 1700. The van der Waals surface area contributed by atoms with E-state index in [1.807, 2.05) is 13.8 Å². The van der Waals surface area contributed by atoms with E-state index in [-0.39, 0.29) is 58.8 Å². The summed E-state index contributed by atoms with van der Waals surface area (Å²) < 4.78 is 34.3. The number of ketones is 1. The minimum absolute atomic E-state index is 0.0709. The Morgan fingerprint density at radius 3 is 2.12 bits per heavy atom. The zero-order valence-electron chi connectivity index (χ0n) is 36.2. The molecule has 0 aromatic carbocycles. The zero-order chi connectivity index (χ0) is 44.1. The maximum atomic E-state index is 13.9. The molecule has 7 aliphatic rings. The summed E-state index contributed by atoms with van der Waals surface area (Å²) >= 11 is 0. The van der Waals surface area contributed by atoms with E-state index in [2.05, 4.69) is 33.8 Å². The average Bonchev–Trinajstić information content (AvgIpc) is 3.21. The van der Waals surface area contributed by atoms with Gasteiger partial charge in [-0.15, -0.1) is 0 Å². The molecule has 2 heterocycles. The third-order valence-electron chi connectivity index (χ3n) is 17.8. The average molecular weight is 853 g/mol. The predicted octanol–water partition coefficient (Wildman–Crippen LogP) is 1.30. The van der Waals surface area contributed by atoms with Crippen molar-refractivity contribution in [3.63, 3.8) is 0 Å². The number of aliphatic hydroxyl groups is 7. The number of ether oxygens (including phenoxy) is 6. The molecule has 0 aromatic heterocycles. The quantitative estimate of drug-likeness (QED) is 0.103. The van der Waals surface area contributed by atoms with Crippen molar-refractivity contribution in [3.8, 4) is 0 Å². The second-order valence-electron chi connectivity index (χ2n) is 20.7. The Balaban J connectivity index is 1.18. The maximum absolute atomic E-state index is 13.9. The largest absolute Gasteiger partial charge is 0.469 e. The van der Waals surface area contributed by atoms with Crippen LogP contribution in [0, 0.1) is 50.2 Å². The summed E-state index contributed by atoms with van der Waals surface area (Å²) in [6, 6.07) is 0. The standard InChI is InChI=1S/C44H68O16/c1-39(38(54)56-8)17-22-21-9-10-25-41(3)13-12-27(42(4,20-46)24(41)11-14-44(25,6)43(21,5)16-15-40(22,2)26(47)18-39)58-37-34(31(51)30(50)33(59-37)35(53)55-7)60-36-32(52)29(49)28(48)23(19-45)57-36/h9,22-25,27-34,36-37,45-46,48-52H,10-20H2,1-8H3/t22-,23+,24+,25+,27-,28+,29-,30-,31-,32+,33-,34+,36-,37+,39-,40+,41-,42+,43+,44+/m0/s1. The summed E-state index contributed by atoms with van der Waals surface area (Å²) in [6.45, 7) is 12.0. The Morgan fingerprint density at radius 2 is 1.48 bits per heavy atom. The van der Waals surface area contributed by atoms with Gasteiger partial charge in [-0.1, -0.05) is 46.3 Å². The highest BCUT2D eigenvalue weighted by molar-refractivity contribution is 5.92. The summed E-state index contributed by atoms with van der Waals surface area (Å²) in [5.41, 5.74) is -1.79. The van der Waals surface area contributed by atoms with E-state index in [9.17, 15) is 50.1 Å². The van der Waals surface area contributed by atoms with Gasteiger partial charge in [0, 0.05) is 17.3 Å². The highest BCUT2D eigenvalue weighted by Gasteiger charge is 2.70. The second kappa shape index (κ2) is 15.9. The molecular weight excluding hydrogens is 784 g/mol. The van der Waals surface area contributed by atoms with E-state index < -0.39 is 96.3 Å². The lowest BCUT2D eigenvalue weighted by Crippen LogP contribution is -2.68. The zero-order valence-corrected chi connectivity index (χ0v) is 36.2. The Morgan fingerprint density at radius 1 is 0.783 bits per heavy atom. The molecule has 0 bridgehead atoms. The molecule has 16 heteroatoms. The van der Waals surface area contributed by atoms with Gasteiger partial charge in [0.15, 0.2) is 18.7 Å². The van der Waals surface area contributed by atoms with Gasteiger partial charge in [0.2, 0.25) is 0 Å². The lowest BCUT2D eigenvalue weighted by molar-refractivity contribution is -0.375. The smallest absolute Gasteiger partial charge is 0.337 e. The molecule has 0 unspecified atom stereocenters. The van der Waals surface area contributed by atoms with Gasteiger partial charge in [0.1, 0.15) is 48.5 Å². The number of carbonyl (C=O) groups excluding carboxylic acids is 3. The number of rotatable bonds is 8. The molecule has 0 radical (unpaired) electrons. The number of esters is 2. The molecule has 7 N–H and O–H groups in total. The van der Waals surface area contributed by atoms with Crippen LogP contribution in [0.3, 0.4) is 0 Å². The molecule has 2 saturated heterocycles. The first-order valence-corrected chi connectivity index (χ1v) is 21.7. The molecule has 5 aliphatic carbocycles. The van der Waals surface area contributed by atoms with Crippen molar-refractivity contribution in [2.75, 3.05) is 27.4 Å². The van der Waals surface area contributed by atoms with Crippen molar-refractivity contribution in [2.45, 2.75) is 167 Å². The topological polar surface area (TPSA) is 248 Å². The first-order chi connectivity index (χ1) is 28.0. The molecule has 6 fully saturated rings. The van der Waals surface area contributed by atoms with Crippen molar-refractivity contribution in [1.29, 1.82) is 0 Å². The van der Waals surface area contributed by atoms with Crippen LogP contribution in [0.4, 0.5) is 0 Å². The highest BCUT2D eigenvalue weighted by Crippen LogP contribution is 2.75. The molecule has 7 rings (SSSR count). The Labute approximate surface area is 351 Å². The van der Waals surface area contributed by atoms with Gasteiger partial charge in [-0.2, -0.15) is 0 Å². The molecule has 340 valence electrons. The van der Waals surface area contributed by atoms with E-state index in [1.54, 1.807) is 0 Å². The van der Waals surface area contributed by atoms with Crippen LogP contribution in [0.15, 0.2) is 11.6 Å². The van der Waals surface area contributed by atoms with Gasteiger partial charge in [-0.25, -0.2) is 4.79 Å². The number of methoxy groups -OCH3 is 2. The second-order valence-corrected chi connectivity index (χ2v) is 20.7. The molecule has 4 saturated carbocycles. The predicted molar refractivity (Wildman–Crippen MR) is 209 cm³/mol. The van der Waals surface area contributed by atoms with Crippen molar-refractivity contribution < 1.29 is 78.6 Å². The molecule has 0 spiro atoms. The fourth-order valence-electron chi connectivity index (χ4n) is 13.8. The summed E-state index contributed by atoms with van der Waals surface area (Å²) in [6.07, 6.45) is -9.60. The number of hydrogen-bond acceptors (Lipinski definition) is 16. The van der Waals surface area contributed by atoms with Crippen LogP contribution in [0.2, 0.25) is 0 Å². The fraction of sp³-hybridized carbons (Fsp3) is 0.886. The van der Waals surface area contributed by atoms with Crippen molar-refractivity contribution in [1.82, 2.24) is 0 Å². The van der Waals surface area contributed by atoms with E-state index >= 15 is 0 Å². The fourth-order valence-corrected chi connectivity index (χ4v) is 13.8. The third-order valence-corrected chi connectivity index (χ3v) is 17.8. The molecule has 0 aromatic rings. The lowest BCUT2D eigenvalue weighted by Gasteiger charge is -2.71. The van der Waals surface area contributed by atoms with Crippen LogP contribution >= 0.6 is 0 Å². The number of fused-ring (bicyclic) bond motifs is 7. The van der Waals surface area contributed by atoms with Crippen LogP contribution in [-0.2, 0) is 42.8 Å². The number of hydrogen-bond donors (Lipinski definition) is 7. The van der Waals surface area contributed by atoms with Gasteiger partial charge < -0.3 is 64.2 Å². The van der Waals surface area contributed by atoms with Gasteiger partial charge in [0.25, 0.3) is 0 Å². The SMILES string of the molecule is COC(=O)[C@H]1O[C@@H](O[C@H]2CC[C@@]3(C)[C@@H](CC[C@]4(C)[C@@H]3CC=C3[C@@H]5C[C@](C)(C(=O)OC)CC(=O)[C@]5(C)CC[C@]34C)[C@@]2(C)CO)[C@H](O[C@@H]2O[C@H](CO)[C@@H](O)[C@H](O)[C@H]2O)[C@@H](O)[C@@H]1O. The van der Waals surface area contributed by atoms with Crippen LogP contribution < -0.4 is 0 Å². The number of carbonyl (C=O) groups is 3. The molecule has 2 aliphatic heterocycles. The normalized spacial score (nSPS) is 52.8. The van der Waals surface area contributed by atoms with Gasteiger partial charge in [-0.05, 0) is 92.3 Å². The van der Waals surface area contributed by atoms with E-state index in [1.165, 1.54) is 12.7 Å². The van der Waals surface area contributed by atoms with Crippen molar-refractivity contribution in [3.05, 3.63) is 11.6 Å². The van der Waals surface area contributed by atoms with Crippen LogP contribution in [-0.4, -0.2) is 148 Å². The minimum Gasteiger partial charge on any atom is -0.469 e. The van der Waals surface area contributed by atoms with E-state index in [4.69, 9.17) is 28.4 Å². The van der Waals surface area contributed by atoms with Crippen LogP contribution in [0.1, 0.15) is 99.3 Å². The van der Waals surface area contributed by atoms with Gasteiger partial charge in [-0.3, -0.25) is 9.59 Å². The van der Waals surface area contributed by atoms with E-state index in [0.29, 0.717) is 19.3 Å². The first kappa shape index (κ1) is 45.9. The van der Waals surface area contributed by atoms with Crippen molar-refractivity contribution in [2.24, 2.45) is 50.2 Å². The lowest BCUT2D eigenvalue weighted by atomic mass is 9.33. The molecule has 16 nitrogen and oxygen atoms in total. The van der Waals surface area contributed by atoms with Crippen molar-refractivity contribution >= 4 is 17.7 Å². The van der Waals surface area contributed by atoms with Gasteiger partial charge in [0.05, 0.1) is 39.0 Å². The summed E-state index contributed by atoms with van der Waals surface area (Å²) in [5.74, 6) is -1.18. The number of aliphatic hydroxyl groups excluding tert-OH is 7. The molecule has 20 atom stereocenters. The summed E-state index contributed by atoms with van der Waals surface area (Å²) in [5, 5.41) is 75.2.